The molecule has 0 atom stereocenters. The van der Waals surface area contributed by atoms with Crippen molar-refractivity contribution in [2.24, 2.45) is 0 Å². The van der Waals surface area contributed by atoms with Crippen molar-refractivity contribution in [3.8, 4) is 33.7 Å². The minimum Gasteiger partial charge on any atom is -0.436 e. The third kappa shape index (κ3) is 5.05. The second-order valence-electron chi connectivity index (χ2n) is 11.6. The van der Waals surface area contributed by atoms with Crippen LogP contribution in [0.4, 0.5) is 17.1 Å². The standard InChI is InChI=1S/C43H28N2OS/c1-4-10-29(11-5-1)31-16-20-34(21-17-31)45(35-22-18-32(19-23-35)30-12-6-2-7-13-30)36-24-25-37-38-27-39-40(28-42(38)47-41(37)26-36)46-43(44-39)33-14-8-3-9-15-33/h1-28H. The molecule has 0 fully saturated rings. The number of rotatable bonds is 6. The van der Waals surface area contributed by atoms with Gasteiger partial charge in [0, 0.05) is 48.9 Å². The fraction of sp³-hybridized carbons (Fsp3) is 0. The monoisotopic (exact) mass is 620 g/mol. The maximum atomic E-state index is 6.21. The molecular formula is C43H28N2OS. The summed E-state index contributed by atoms with van der Waals surface area (Å²) in [6.45, 7) is 0. The quantitative estimate of drug-likeness (QED) is 0.185. The van der Waals surface area contributed by atoms with E-state index in [9.17, 15) is 0 Å². The summed E-state index contributed by atoms with van der Waals surface area (Å²) < 4.78 is 8.62. The lowest BCUT2D eigenvalue weighted by atomic mass is 10.0. The molecule has 0 aliphatic rings. The predicted molar refractivity (Wildman–Crippen MR) is 198 cm³/mol. The second kappa shape index (κ2) is 11.4. The molecule has 0 spiro atoms. The number of benzene rings is 7. The third-order valence-electron chi connectivity index (χ3n) is 8.71. The zero-order chi connectivity index (χ0) is 31.2. The van der Waals surface area contributed by atoms with E-state index in [4.69, 9.17) is 9.40 Å². The van der Waals surface area contributed by atoms with Crippen molar-refractivity contribution in [1.82, 2.24) is 4.98 Å². The summed E-state index contributed by atoms with van der Waals surface area (Å²) in [5.41, 5.74) is 10.8. The zero-order valence-electron chi connectivity index (χ0n) is 25.4. The lowest BCUT2D eigenvalue weighted by molar-refractivity contribution is 0.620. The van der Waals surface area contributed by atoms with Gasteiger partial charge < -0.3 is 9.32 Å². The van der Waals surface area contributed by atoms with E-state index in [2.05, 4.69) is 144 Å². The molecule has 0 amide bonds. The Balaban J connectivity index is 1.14. The molecule has 2 heterocycles. The van der Waals surface area contributed by atoms with E-state index in [1.807, 2.05) is 30.3 Å². The van der Waals surface area contributed by atoms with Gasteiger partial charge in [-0.3, -0.25) is 0 Å². The van der Waals surface area contributed by atoms with E-state index in [-0.39, 0.29) is 0 Å². The van der Waals surface area contributed by atoms with E-state index in [0.29, 0.717) is 5.89 Å². The van der Waals surface area contributed by atoms with Gasteiger partial charge >= 0.3 is 0 Å². The third-order valence-corrected chi connectivity index (χ3v) is 9.82. The molecule has 9 aromatic rings. The molecule has 4 heteroatoms. The van der Waals surface area contributed by atoms with Crippen LogP contribution in [0.2, 0.25) is 0 Å². The van der Waals surface area contributed by atoms with Gasteiger partial charge in [0.1, 0.15) is 5.52 Å². The fourth-order valence-corrected chi connectivity index (χ4v) is 7.49. The maximum absolute atomic E-state index is 6.21. The number of hydrogen-bond acceptors (Lipinski definition) is 4. The number of anilines is 3. The molecule has 0 aliphatic carbocycles. The van der Waals surface area contributed by atoms with Crippen LogP contribution in [0.15, 0.2) is 174 Å². The number of fused-ring (bicyclic) bond motifs is 4. The average molecular weight is 621 g/mol. The molecule has 0 N–H and O–H groups in total. The summed E-state index contributed by atoms with van der Waals surface area (Å²) in [5.74, 6) is 0.650. The van der Waals surface area contributed by atoms with Crippen LogP contribution < -0.4 is 4.90 Å². The molecule has 0 bridgehead atoms. The Labute approximate surface area is 276 Å². The van der Waals surface area contributed by atoms with E-state index >= 15 is 0 Å². The maximum Gasteiger partial charge on any atom is 0.227 e. The van der Waals surface area contributed by atoms with E-state index in [1.54, 1.807) is 11.3 Å². The van der Waals surface area contributed by atoms with Gasteiger partial charge in [0.2, 0.25) is 5.89 Å². The lowest BCUT2D eigenvalue weighted by Crippen LogP contribution is -2.09. The molecule has 47 heavy (non-hydrogen) atoms. The first-order valence-corrected chi connectivity index (χ1v) is 16.5. The molecule has 3 nitrogen and oxygen atoms in total. The van der Waals surface area contributed by atoms with Crippen molar-refractivity contribution in [3.63, 3.8) is 0 Å². The highest BCUT2D eigenvalue weighted by atomic mass is 32.1. The summed E-state index contributed by atoms with van der Waals surface area (Å²) in [6.07, 6.45) is 0. The van der Waals surface area contributed by atoms with Gasteiger partial charge in [0.05, 0.1) is 0 Å². The first kappa shape index (κ1) is 27.3. The molecule has 0 radical (unpaired) electrons. The van der Waals surface area contributed by atoms with Crippen LogP contribution in [0.5, 0.6) is 0 Å². The van der Waals surface area contributed by atoms with E-state index in [1.165, 1.54) is 42.4 Å². The predicted octanol–water partition coefficient (Wildman–Crippen LogP) is 12.7. The number of nitrogens with zero attached hydrogens (tertiary/aromatic N) is 2. The topological polar surface area (TPSA) is 29.3 Å². The van der Waals surface area contributed by atoms with E-state index in [0.717, 1.165) is 33.7 Å². The highest BCUT2D eigenvalue weighted by molar-refractivity contribution is 7.25. The second-order valence-corrected chi connectivity index (χ2v) is 12.7. The Bertz CT molecular complexity index is 2400. The van der Waals surface area contributed by atoms with Gasteiger partial charge in [0.15, 0.2) is 5.58 Å². The van der Waals surface area contributed by atoms with Gasteiger partial charge in [-0.25, -0.2) is 4.98 Å². The largest absolute Gasteiger partial charge is 0.436 e. The van der Waals surface area contributed by atoms with Crippen LogP contribution in [0.3, 0.4) is 0 Å². The number of oxazole rings is 1. The minimum atomic E-state index is 0.650. The highest BCUT2D eigenvalue weighted by Gasteiger charge is 2.17. The van der Waals surface area contributed by atoms with Crippen LogP contribution in [-0.4, -0.2) is 4.98 Å². The minimum absolute atomic E-state index is 0.650. The normalized spacial score (nSPS) is 11.4. The van der Waals surface area contributed by atoms with Crippen molar-refractivity contribution in [2.45, 2.75) is 0 Å². The van der Waals surface area contributed by atoms with Gasteiger partial charge in [-0.05, 0) is 76.9 Å². The summed E-state index contributed by atoms with van der Waals surface area (Å²) in [5, 5.41) is 2.42. The smallest absolute Gasteiger partial charge is 0.227 e. The van der Waals surface area contributed by atoms with Crippen molar-refractivity contribution >= 4 is 59.7 Å². The molecule has 0 aliphatic heterocycles. The Hall–Kier alpha value is -5.97. The van der Waals surface area contributed by atoms with Crippen LogP contribution in [0.25, 0.3) is 65.0 Å². The van der Waals surface area contributed by atoms with E-state index < -0.39 is 0 Å². The van der Waals surface area contributed by atoms with Gasteiger partial charge in [-0.1, -0.05) is 109 Å². The van der Waals surface area contributed by atoms with Gasteiger partial charge in [0.25, 0.3) is 0 Å². The molecule has 7 aromatic carbocycles. The molecule has 222 valence electrons. The molecule has 0 unspecified atom stereocenters. The van der Waals surface area contributed by atoms with Crippen molar-refractivity contribution in [2.75, 3.05) is 4.90 Å². The lowest BCUT2D eigenvalue weighted by Gasteiger charge is -2.26. The molecule has 2 aromatic heterocycles. The Morgan fingerprint density at radius 2 is 0.915 bits per heavy atom. The first-order valence-electron chi connectivity index (χ1n) is 15.7. The first-order chi connectivity index (χ1) is 23.3. The summed E-state index contributed by atoms with van der Waals surface area (Å²) >= 11 is 1.79. The number of hydrogen-bond donors (Lipinski definition) is 0. The summed E-state index contributed by atoms with van der Waals surface area (Å²) in [4.78, 5) is 7.17. The molecule has 9 rings (SSSR count). The molecule has 0 saturated carbocycles. The highest BCUT2D eigenvalue weighted by Crippen LogP contribution is 2.42. The SMILES string of the molecule is c1ccc(-c2ccc(N(c3ccc(-c4ccccc4)cc3)c3ccc4c(c3)sc3cc5oc(-c6ccccc6)nc5cc34)cc2)cc1. The molecule has 0 saturated heterocycles. The average Bonchev–Trinajstić information content (AvgIpc) is 3.72. The Kier molecular flexibility index (Phi) is 6.65. The van der Waals surface area contributed by atoms with Crippen LogP contribution in [0.1, 0.15) is 0 Å². The van der Waals surface area contributed by atoms with Gasteiger partial charge in [-0.2, -0.15) is 0 Å². The van der Waals surface area contributed by atoms with Crippen LogP contribution in [0, 0.1) is 0 Å². The summed E-state index contributed by atoms with van der Waals surface area (Å²) in [7, 11) is 0. The summed E-state index contributed by atoms with van der Waals surface area (Å²) in [6, 6.07) is 59.9. The van der Waals surface area contributed by atoms with Gasteiger partial charge in [-0.15, -0.1) is 11.3 Å². The van der Waals surface area contributed by atoms with Crippen molar-refractivity contribution < 1.29 is 4.42 Å². The van der Waals surface area contributed by atoms with Crippen molar-refractivity contribution in [3.05, 3.63) is 170 Å². The van der Waals surface area contributed by atoms with Crippen LogP contribution in [-0.2, 0) is 0 Å². The number of aromatic nitrogens is 1. The molecular weight excluding hydrogens is 593 g/mol. The van der Waals surface area contributed by atoms with Crippen molar-refractivity contribution in [1.29, 1.82) is 0 Å². The number of thiophene rings is 1. The van der Waals surface area contributed by atoms with Crippen LogP contribution >= 0.6 is 11.3 Å². The fourth-order valence-electron chi connectivity index (χ4n) is 6.34. The Morgan fingerprint density at radius 3 is 1.49 bits per heavy atom. The Morgan fingerprint density at radius 1 is 0.426 bits per heavy atom. The zero-order valence-corrected chi connectivity index (χ0v) is 26.2.